The topological polar surface area (TPSA) is 98.1 Å². The molecule has 104 valence electrons. The van der Waals surface area contributed by atoms with Gasteiger partial charge in [0, 0.05) is 6.26 Å². The summed E-state index contributed by atoms with van der Waals surface area (Å²) < 4.78 is 22.5. The van der Waals surface area contributed by atoms with Crippen molar-refractivity contribution >= 4 is 9.84 Å². The zero-order valence-electron chi connectivity index (χ0n) is 10.6. The van der Waals surface area contributed by atoms with E-state index in [0.29, 0.717) is 6.42 Å². The largest absolute Gasteiger partial charge is 0.394 e. The molecule has 0 aliphatic carbocycles. The van der Waals surface area contributed by atoms with Gasteiger partial charge in [-0.3, -0.25) is 4.90 Å². The normalized spacial score (nSPS) is 15.2. The van der Waals surface area contributed by atoms with E-state index in [4.69, 9.17) is 0 Å². The molecule has 0 aliphatic heterocycles. The van der Waals surface area contributed by atoms with Crippen LogP contribution in [0.1, 0.15) is 20.3 Å². The molecule has 0 rings (SSSR count). The van der Waals surface area contributed by atoms with Crippen LogP contribution >= 0.6 is 0 Å². The second-order valence-electron chi connectivity index (χ2n) is 4.47. The number of sulfone groups is 1. The number of hydrogen-bond acceptors (Lipinski definition) is 6. The lowest BCUT2D eigenvalue weighted by molar-refractivity contribution is -0.0755. The highest BCUT2D eigenvalue weighted by molar-refractivity contribution is 7.90. The molecule has 0 amide bonds. The Hall–Kier alpha value is -0.210. The van der Waals surface area contributed by atoms with Gasteiger partial charge in [-0.2, -0.15) is 0 Å². The van der Waals surface area contributed by atoms with Crippen LogP contribution in [0.2, 0.25) is 0 Å². The zero-order chi connectivity index (χ0) is 13.7. The highest BCUT2D eigenvalue weighted by atomic mass is 32.2. The Kier molecular flexibility index (Phi) is 6.57. The molecule has 0 aromatic heterocycles. The second-order valence-corrected chi connectivity index (χ2v) is 6.57. The van der Waals surface area contributed by atoms with Crippen molar-refractivity contribution in [2.45, 2.75) is 25.8 Å². The predicted molar refractivity (Wildman–Crippen MR) is 65.0 cm³/mol. The molecule has 1 unspecified atom stereocenters. The van der Waals surface area contributed by atoms with E-state index in [1.165, 1.54) is 4.90 Å². The van der Waals surface area contributed by atoms with Gasteiger partial charge in [-0.15, -0.1) is 0 Å². The van der Waals surface area contributed by atoms with Gasteiger partial charge in [0.05, 0.1) is 25.5 Å². The maximum Gasteiger partial charge on any atom is 0.160 e. The van der Waals surface area contributed by atoms with Gasteiger partial charge in [-0.25, -0.2) is 8.42 Å². The molecule has 0 aliphatic rings. The standard InChI is InChI=1S/C10H23NO5S/c1-4-9(2)10(5-12,6-13)11(7-14)8-17(3,15)16/h9,12-14H,4-8H2,1-3H3. The summed E-state index contributed by atoms with van der Waals surface area (Å²) in [6, 6.07) is 0. The van der Waals surface area contributed by atoms with E-state index in [2.05, 4.69) is 0 Å². The van der Waals surface area contributed by atoms with Gasteiger partial charge < -0.3 is 15.3 Å². The fourth-order valence-corrected chi connectivity index (χ4v) is 2.75. The Balaban J connectivity index is 5.25. The number of rotatable bonds is 8. The summed E-state index contributed by atoms with van der Waals surface area (Å²) in [7, 11) is -3.34. The first-order valence-corrected chi connectivity index (χ1v) is 7.58. The molecular formula is C10H23NO5S. The first kappa shape index (κ1) is 16.8. The van der Waals surface area contributed by atoms with E-state index in [1.807, 2.05) is 6.92 Å². The Labute approximate surface area is 103 Å². The van der Waals surface area contributed by atoms with Crippen molar-refractivity contribution in [3.63, 3.8) is 0 Å². The highest BCUT2D eigenvalue weighted by Gasteiger charge is 2.41. The van der Waals surface area contributed by atoms with Gasteiger partial charge in [-0.05, 0) is 5.92 Å². The van der Waals surface area contributed by atoms with Crippen molar-refractivity contribution in [3.8, 4) is 0 Å². The van der Waals surface area contributed by atoms with Crippen LogP contribution in [0.4, 0.5) is 0 Å². The lowest BCUT2D eigenvalue weighted by atomic mass is 9.83. The second kappa shape index (κ2) is 6.65. The summed E-state index contributed by atoms with van der Waals surface area (Å²) >= 11 is 0. The smallest absolute Gasteiger partial charge is 0.160 e. The maximum atomic E-state index is 11.3. The number of hydrogen-bond donors (Lipinski definition) is 3. The molecule has 3 N–H and O–H groups in total. The Morgan fingerprint density at radius 3 is 1.94 bits per heavy atom. The fraction of sp³-hybridized carbons (Fsp3) is 1.00. The molecular weight excluding hydrogens is 246 g/mol. The summed E-state index contributed by atoms with van der Waals surface area (Å²) in [4.78, 5) is 1.20. The van der Waals surface area contributed by atoms with E-state index >= 15 is 0 Å². The van der Waals surface area contributed by atoms with E-state index in [0.717, 1.165) is 6.26 Å². The predicted octanol–water partition coefficient (Wildman–Crippen LogP) is -0.990. The molecule has 0 bridgehead atoms. The third-order valence-electron chi connectivity index (χ3n) is 3.27. The van der Waals surface area contributed by atoms with Crippen LogP contribution in [0.15, 0.2) is 0 Å². The molecule has 0 aromatic carbocycles. The quantitative estimate of drug-likeness (QED) is 0.489. The SMILES string of the molecule is CCC(C)C(CO)(CO)N(CO)CS(C)(=O)=O. The molecule has 0 fully saturated rings. The van der Waals surface area contributed by atoms with E-state index in [9.17, 15) is 23.7 Å². The summed E-state index contributed by atoms with van der Waals surface area (Å²) in [5.41, 5.74) is -1.12. The number of nitrogens with zero attached hydrogens (tertiary/aromatic N) is 1. The van der Waals surface area contributed by atoms with Crippen molar-refractivity contribution in [3.05, 3.63) is 0 Å². The molecule has 0 spiro atoms. The highest BCUT2D eigenvalue weighted by Crippen LogP contribution is 2.27. The van der Waals surface area contributed by atoms with Crippen molar-refractivity contribution < 1.29 is 23.7 Å². The minimum Gasteiger partial charge on any atom is -0.394 e. The molecule has 0 saturated carbocycles. The maximum absolute atomic E-state index is 11.3. The van der Waals surface area contributed by atoms with E-state index in [-0.39, 0.29) is 5.92 Å². The van der Waals surface area contributed by atoms with Crippen LogP contribution < -0.4 is 0 Å². The summed E-state index contributed by atoms with van der Waals surface area (Å²) in [6.07, 6.45) is 1.70. The van der Waals surface area contributed by atoms with Crippen molar-refractivity contribution in [1.29, 1.82) is 0 Å². The minimum atomic E-state index is -3.34. The van der Waals surface area contributed by atoms with Crippen LogP contribution in [0.3, 0.4) is 0 Å². The summed E-state index contributed by atoms with van der Waals surface area (Å²) in [5, 5.41) is 28.2. The molecule has 0 heterocycles. The van der Waals surface area contributed by atoms with Gasteiger partial charge in [-0.1, -0.05) is 20.3 Å². The van der Waals surface area contributed by atoms with Crippen molar-refractivity contribution in [2.75, 3.05) is 32.1 Å². The third-order valence-corrected chi connectivity index (χ3v) is 4.05. The fourth-order valence-electron chi connectivity index (χ4n) is 1.85. The lowest BCUT2D eigenvalue weighted by Gasteiger charge is -2.44. The van der Waals surface area contributed by atoms with Crippen LogP contribution in [0.5, 0.6) is 0 Å². The van der Waals surface area contributed by atoms with Gasteiger partial charge in [0.1, 0.15) is 5.88 Å². The molecule has 1 atom stereocenters. The molecule has 0 saturated heterocycles. The summed E-state index contributed by atoms with van der Waals surface area (Å²) in [5.74, 6) is -0.541. The van der Waals surface area contributed by atoms with Gasteiger partial charge in [0.15, 0.2) is 9.84 Å². The van der Waals surface area contributed by atoms with E-state index in [1.54, 1.807) is 6.92 Å². The molecule has 17 heavy (non-hydrogen) atoms. The molecule has 0 aromatic rings. The monoisotopic (exact) mass is 269 g/mol. The Morgan fingerprint density at radius 1 is 1.24 bits per heavy atom. The average molecular weight is 269 g/mol. The van der Waals surface area contributed by atoms with Crippen molar-refractivity contribution in [1.82, 2.24) is 4.90 Å². The van der Waals surface area contributed by atoms with Crippen LogP contribution in [-0.4, -0.2) is 66.3 Å². The van der Waals surface area contributed by atoms with Gasteiger partial charge >= 0.3 is 0 Å². The van der Waals surface area contributed by atoms with E-state index < -0.39 is 41.2 Å². The molecule has 7 heteroatoms. The van der Waals surface area contributed by atoms with Crippen LogP contribution in [-0.2, 0) is 9.84 Å². The lowest BCUT2D eigenvalue weighted by Crippen LogP contribution is -2.60. The number of aliphatic hydroxyl groups is 3. The average Bonchev–Trinajstić information content (AvgIpc) is 2.27. The van der Waals surface area contributed by atoms with Crippen LogP contribution in [0.25, 0.3) is 0 Å². The van der Waals surface area contributed by atoms with Crippen LogP contribution in [0, 0.1) is 5.92 Å². The molecule has 6 nitrogen and oxygen atoms in total. The third kappa shape index (κ3) is 4.18. The van der Waals surface area contributed by atoms with Gasteiger partial charge in [0.25, 0.3) is 0 Å². The Bertz CT molecular complexity index is 313. The molecule has 0 radical (unpaired) electrons. The summed E-state index contributed by atoms with van der Waals surface area (Å²) in [6.45, 7) is 2.33. The first-order valence-electron chi connectivity index (χ1n) is 5.52. The Morgan fingerprint density at radius 2 is 1.71 bits per heavy atom. The van der Waals surface area contributed by atoms with Crippen molar-refractivity contribution in [2.24, 2.45) is 5.92 Å². The number of aliphatic hydroxyl groups excluding tert-OH is 3. The first-order chi connectivity index (χ1) is 7.77. The minimum absolute atomic E-state index is 0.147. The zero-order valence-corrected chi connectivity index (χ0v) is 11.4. The van der Waals surface area contributed by atoms with Gasteiger partial charge in [0.2, 0.25) is 0 Å².